The number of carbonyl (C=O) groups excluding carboxylic acids is 3. The van der Waals surface area contributed by atoms with Crippen LogP contribution in [0, 0.1) is 0 Å². The van der Waals surface area contributed by atoms with Gasteiger partial charge in [0.2, 0.25) is 0 Å². The van der Waals surface area contributed by atoms with Gasteiger partial charge in [-0.25, -0.2) is 9.13 Å². The van der Waals surface area contributed by atoms with Crippen LogP contribution < -0.4 is 0 Å². The van der Waals surface area contributed by atoms with Crippen LogP contribution in [0.1, 0.15) is 290 Å². The SMILES string of the molecule is CC/C=C\C/C=C\C/C=C\C/C=C\C/C=C\C/C=C\CCCCCCCCC(=O)OCC(COP(=O)(O)OCC(O)COP(=O)(O)OCC(O)COC(=O)CCCCCCCCCCCCC/C=C\C/C=C\C/C=C\C/C=C\C/C=C\CC)OC(=O)CCCCC/C=C\C/C=C\C/C=C\C/C=C\C/C=C\CC. The minimum absolute atomic E-state index is 0.0538. The summed E-state index contributed by atoms with van der Waals surface area (Å²) in [6.45, 7) is 2.27. The van der Waals surface area contributed by atoms with Crippen LogP contribution in [0.5, 0.6) is 0 Å². The molecule has 0 aliphatic heterocycles. The molecule has 0 heterocycles. The monoisotopic (exact) mass is 1530 g/mol. The number of aliphatic hydroxyl groups excluding tert-OH is 2. The van der Waals surface area contributed by atoms with E-state index in [2.05, 4.69) is 215 Å². The molecule has 0 rings (SSSR count). The van der Waals surface area contributed by atoms with E-state index in [1.807, 2.05) is 0 Å². The Kier molecular flexibility index (Phi) is 75.7. The van der Waals surface area contributed by atoms with Crippen molar-refractivity contribution >= 4 is 33.6 Å². The first-order valence-corrected chi connectivity index (χ1v) is 43.7. The third-order valence-electron chi connectivity index (χ3n) is 16.3. The molecular weight excluding hydrogens is 1390 g/mol. The average molecular weight is 1530 g/mol. The Morgan fingerprint density at radius 2 is 0.467 bits per heavy atom. The fraction of sp³-hybridized carbons (Fsp3) is 0.607. The van der Waals surface area contributed by atoms with Crippen molar-refractivity contribution in [1.29, 1.82) is 0 Å². The molecule has 4 N–H and O–H groups in total. The molecule has 16 nitrogen and oxygen atoms in total. The number of hydrogen-bond acceptors (Lipinski definition) is 14. The molecule has 0 aromatic rings. The number of allylic oxidation sites excluding steroid dienone is 32. The normalized spacial score (nSPS) is 14.9. The van der Waals surface area contributed by atoms with E-state index in [-0.39, 0.29) is 19.3 Å². The lowest BCUT2D eigenvalue weighted by Gasteiger charge is -2.21. The van der Waals surface area contributed by atoms with Gasteiger partial charge in [0.25, 0.3) is 0 Å². The van der Waals surface area contributed by atoms with Gasteiger partial charge >= 0.3 is 33.6 Å². The first kappa shape index (κ1) is 101. The largest absolute Gasteiger partial charge is 0.472 e. The van der Waals surface area contributed by atoms with Gasteiger partial charge < -0.3 is 34.2 Å². The summed E-state index contributed by atoms with van der Waals surface area (Å²) >= 11 is 0. The molecule has 5 atom stereocenters. The fourth-order valence-electron chi connectivity index (χ4n) is 10.2. The number of rotatable bonds is 75. The molecule has 5 unspecified atom stereocenters. The van der Waals surface area contributed by atoms with Crippen LogP contribution in [-0.4, -0.2) is 95.9 Å². The molecule has 0 aromatic heterocycles. The van der Waals surface area contributed by atoms with Crippen molar-refractivity contribution in [3.8, 4) is 0 Å². The molecule has 0 aliphatic rings. The second-order valence-corrected chi connectivity index (χ2v) is 29.3. The van der Waals surface area contributed by atoms with Crippen molar-refractivity contribution in [3.63, 3.8) is 0 Å². The standard InChI is InChI=1S/C89H144O16P2/c1-4-7-10-13-16-19-22-25-28-31-34-36-38-40-41-43-45-46-49-51-54-57-60-63-66-69-72-75-87(92)99-78-84(90)79-101-106(95,96)102-80-85(91)81-103-107(97,98)104-83-86(105-89(94)77-74-71-68-65-62-59-56-53-48-33-30-27-24-21-18-15-12-9-6-3)82-100-88(93)76-73-70-67-64-61-58-55-52-50-47-44-42-39-37-35-32-29-26-23-20-17-14-11-8-5-2/h7-12,16-21,25-30,34-37,40-42,44,48,50,52-53,59,62,84-86,90-91H,4-6,13-15,22-24,31-33,38-39,43,45-47,49,51,54-58,60-61,63-83H2,1-3H3,(H,95,96)(H,97,98)/b10-7-,11-8-,12-9-,19-16-,20-17-,21-18-,28-25-,29-26-,30-27-,36-34-,37-35-,41-40-,44-42-,52-50-,53-48-,62-59-. The van der Waals surface area contributed by atoms with Crippen LogP contribution in [0.15, 0.2) is 194 Å². The Bertz CT molecular complexity index is 2720. The summed E-state index contributed by atoms with van der Waals surface area (Å²) in [5.41, 5.74) is 0. The minimum atomic E-state index is -4.96. The number of phosphoric acid groups is 2. The van der Waals surface area contributed by atoms with Gasteiger partial charge in [-0.15, -0.1) is 0 Å². The van der Waals surface area contributed by atoms with Gasteiger partial charge in [-0.1, -0.05) is 305 Å². The van der Waals surface area contributed by atoms with Gasteiger partial charge in [0, 0.05) is 19.3 Å². The molecule has 107 heavy (non-hydrogen) atoms. The van der Waals surface area contributed by atoms with Crippen molar-refractivity contribution in [1.82, 2.24) is 0 Å². The van der Waals surface area contributed by atoms with Crippen molar-refractivity contribution < 1.29 is 75.8 Å². The van der Waals surface area contributed by atoms with Gasteiger partial charge in [-0.3, -0.25) is 32.5 Å². The highest BCUT2D eigenvalue weighted by Crippen LogP contribution is 2.45. The van der Waals surface area contributed by atoms with Gasteiger partial charge in [0.05, 0.1) is 26.4 Å². The van der Waals surface area contributed by atoms with E-state index in [0.717, 1.165) is 193 Å². The molecular formula is C89H144O16P2. The number of carbonyl (C=O) groups is 3. The van der Waals surface area contributed by atoms with E-state index >= 15 is 0 Å². The van der Waals surface area contributed by atoms with E-state index in [1.165, 1.54) is 38.5 Å². The highest BCUT2D eigenvalue weighted by Gasteiger charge is 2.29. The Labute approximate surface area is 648 Å². The summed E-state index contributed by atoms with van der Waals surface area (Å²) in [6, 6.07) is 0. The van der Waals surface area contributed by atoms with Crippen LogP contribution in [-0.2, 0) is 55.8 Å². The third kappa shape index (κ3) is 81.2. The average Bonchev–Trinajstić information content (AvgIpc) is 0.909. The van der Waals surface area contributed by atoms with Crippen molar-refractivity contribution in [2.75, 3.05) is 39.6 Å². The Balaban J connectivity index is 4.70. The molecule has 0 aromatic carbocycles. The maximum atomic E-state index is 13.0. The van der Waals surface area contributed by atoms with Crippen LogP contribution in [0.25, 0.3) is 0 Å². The first-order valence-electron chi connectivity index (χ1n) is 40.7. The van der Waals surface area contributed by atoms with Crippen LogP contribution in [0.4, 0.5) is 0 Å². The Morgan fingerprint density at radius 3 is 0.748 bits per heavy atom. The predicted molar refractivity (Wildman–Crippen MR) is 444 cm³/mol. The lowest BCUT2D eigenvalue weighted by atomic mass is 10.0. The van der Waals surface area contributed by atoms with E-state index in [0.29, 0.717) is 19.3 Å². The van der Waals surface area contributed by atoms with Crippen LogP contribution in [0.2, 0.25) is 0 Å². The summed E-state index contributed by atoms with van der Waals surface area (Å²) in [4.78, 5) is 58.8. The topological polar surface area (TPSA) is 231 Å². The molecule has 0 saturated carbocycles. The summed E-state index contributed by atoms with van der Waals surface area (Å²) < 4.78 is 61.2. The molecule has 0 saturated heterocycles. The summed E-state index contributed by atoms with van der Waals surface area (Å²) in [5.74, 6) is -1.64. The minimum Gasteiger partial charge on any atom is -0.463 e. The Morgan fingerprint density at radius 1 is 0.262 bits per heavy atom. The predicted octanol–water partition coefficient (Wildman–Crippen LogP) is 24.3. The van der Waals surface area contributed by atoms with Gasteiger partial charge in [-0.05, 0) is 161 Å². The molecule has 0 aliphatic carbocycles. The van der Waals surface area contributed by atoms with Gasteiger partial charge in [-0.2, -0.15) is 0 Å². The number of esters is 3. The van der Waals surface area contributed by atoms with E-state index in [4.69, 9.17) is 32.3 Å². The smallest absolute Gasteiger partial charge is 0.463 e. The zero-order valence-corrected chi connectivity index (χ0v) is 68.0. The van der Waals surface area contributed by atoms with Crippen molar-refractivity contribution in [2.24, 2.45) is 0 Å². The fourth-order valence-corrected chi connectivity index (χ4v) is 11.8. The first-order chi connectivity index (χ1) is 52.2. The highest BCUT2D eigenvalue weighted by atomic mass is 31.2. The van der Waals surface area contributed by atoms with Crippen LogP contribution >= 0.6 is 15.6 Å². The molecule has 0 spiro atoms. The second kappa shape index (κ2) is 79.9. The molecule has 606 valence electrons. The maximum absolute atomic E-state index is 13.0. The summed E-state index contributed by atoms with van der Waals surface area (Å²) in [5, 5.41) is 20.7. The third-order valence-corrected chi connectivity index (χ3v) is 18.2. The molecule has 18 heteroatoms. The van der Waals surface area contributed by atoms with Gasteiger partial charge in [0.1, 0.15) is 25.4 Å². The van der Waals surface area contributed by atoms with Crippen LogP contribution in [0.3, 0.4) is 0 Å². The molecule has 0 fully saturated rings. The number of ether oxygens (including phenoxy) is 3. The lowest BCUT2D eigenvalue weighted by molar-refractivity contribution is -0.161. The quantitative estimate of drug-likeness (QED) is 0.0146. The summed E-state index contributed by atoms with van der Waals surface area (Å²) in [7, 11) is -9.83. The van der Waals surface area contributed by atoms with Crippen molar-refractivity contribution in [2.45, 2.75) is 309 Å². The number of unbranched alkanes of at least 4 members (excludes halogenated alkanes) is 20. The number of aliphatic hydroxyl groups is 2. The molecule has 0 amide bonds. The number of phosphoric ester groups is 2. The van der Waals surface area contributed by atoms with Crippen molar-refractivity contribution in [3.05, 3.63) is 194 Å². The van der Waals surface area contributed by atoms with Gasteiger partial charge in [0.15, 0.2) is 6.10 Å². The molecule has 0 bridgehead atoms. The zero-order chi connectivity index (χ0) is 78.0. The van der Waals surface area contributed by atoms with E-state index in [1.54, 1.807) is 0 Å². The summed E-state index contributed by atoms with van der Waals surface area (Å²) in [6.07, 6.45) is 105. The highest BCUT2D eigenvalue weighted by molar-refractivity contribution is 7.47. The van der Waals surface area contributed by atoms with E-state index < -0.39 is 91.5 Å². The maximum Gasteiger partial charge on any atom is 0.472 e. The van der Waals surface area contributed by atoms with E-state index in [9.17, 15) is 43.5 Å². The molecule has 0 radical (unpaired) electrons. The Hall–Kier alpha value is -5.61. The zero-order valence-electron chi connectivity index (χ0n) is 66.2. The second-order valence-electron chi connectivity index (χ2n) is 26.4. The number of hydrogen-bond donors (Lipinski definition) is 4. The lowest BCUT2D eigenvalue weighted by Crippen LogP contribution is -2.30.